The summed E-state index contributed by atoms with van der Waals surface area (Å²) >= 11 is 5.73. The summed E-state index contributed by atoms with van der Waals surface area (Å²) in [7, 11) is 1.41. The van der Waals surface area contributed by atoms with Crippen LogP contribution in [0.1, 0.15) is 10.4 Å². The molecular weight excluding hydrogens is 275 g/mol. The smallest absolute Gasteiger partial charge is 0.258 e. The lowest BCUT2D eigenvalue weighted by molar-refractivity contribution is 0.102. The summed E-state index contributed by atoms with van der Waals surface area (Å²) in [5, 5.41) is 2.49. The molecule has 0 radical (unpaired) electrons. The Hall–Kier alpha value is -2.28. The molecular formula is C11H8ClFN4O2. The molecule has 0 aliphatic carbocycles. The number of hydrogen-bond donors (Lipinski definition) is 1. The SMILES string of the molecule is COc1cc(Cl)nc(NC(=O)c2ccnc(F)c2)n1. The largest absolute Gasteiger partial charge is 0.481 e. The minimum Gasteiger partial charge on any atom is -0.481 e. The number of pyridine rings is 1. The van der Waals surface area contributed by atoms with Crippen molar-refractivity contribution < 1.29 is 13.9 Å². The van der Waals surface area contributed by atoms with Crippen molar-refractivity contribution in [2.24, 2.45) is 0 Å². The van der Waals surface area contributed by atoms with Crippen LogP contribution in [-0.2, 0) is 0 Å². The van der Waals surface area contributed by atoms with Crippen molar-refractivity contribution in [3.05, 3.63) is 41.1 Å². The second-order valence-corrected chi connectivity index (χ2v) is 3.77. The first-order chi connectivity index (χ1) is 9.08. The summed E-state index contributed by atoms with van der Waals surface area (Å²) in [5.74, 6) is -1.16. The number of rotatable bonds is 3. The van der Waals surface area contributed by atoms with Gasteiger partial charge in [-0.1, -0.05) is 11.6 Å². The van der Waals surface area contributed by atoms with E-state index in [-0.39, 0.29) is 22.5 Å². The van der Waals surface area contributed by atoms with E-state index in [2.05, 4.69) is 20.3 Å². The normalized spacial score (nSPS) is 10.1. The number of aromatic nitrogens is 3. The molecule has 0 unspecified atom stereocenters. The van der Waals surface area contributed by atoms with Gasteiger partial charge >= 0.3 is 0 Å². The number of nitrogens with zero attached hydrogens (tertiary/aromatic N) is 3. The monoisotopic (exact) mass is 282 g/mol. The number of carbonyl (C=O) groups excluding carboxylic acids is 1. The van der Waals surface area contributed by atoms with Gasteiger partial charge in [-0.2, -0.15) is 9.37 Å². The van der Waals surface area contributed by atoms with Crippen LogP contribution in [0.25, 0.3) is 0 Å². The highest BCUT2D eigenvalue weighted by Crippen LogP contribution is 2.16. The molecule has 2 heterocycles. The zero-order valence-corrected chi connectivity index (χ0v) is 10.5. The van der Waals surface area contributed by atoms with Gasteiger partial charge in [0.05, 0.1) is 7.11 Å². The fourth-order valence-electron chi connectivity index (χ4n) is 1.27. The van der Waals surface area contributed by atoms with Gasteiger partial charge < -0.3 is 4.74 Å². The van der Waals surface area contributed by atoms with Crippen molar-refractivity contribution in [2.75, 3.05) is 12.4 Å². The van der Waals surface area contributed by atoms with Crippen LogP contribution in [0.4, 0.5) is 10.3 Å². The first-order valence-corrected chi connectivity index (χ1v) is 5.48. The number of hydrogen-bond acceptors (Lipinski definition) is 5. The van der Waals surface area contributed by atoms with Crippen LogP contribution in [0.5, 0.6) is 5.88 Å². The maximum atomic E-state index is 12.9. The molecule has 0 aromatic carbocycles. The van der Waals surface area contributed by atoms with Gasteiger partial charge in [0.1, 0.15) is 5.15 Å². The van der Waals surface area contributed by atoms with Crippen molar-refractivity contribution in [2.45, 2.75) is 0 Å². The fraction of sp³-hybridized carbons (Fsp3) is 0.0909. The Bertz CT molecular complexity index is 623. The lowest BCUT2D eigenvalue weighted by Crippen LogP contribution is -2.15. The molecule has 98 valence electrons. The number of amides is 1. The molecule has 0 aliphatic rings. The first kappa shape index (κ1) is 13.2. The number of methoxy groups -OCH3 is 1. The summed E-state index contributed by atoms with van der Waals surface area (Å²) in [6, 6.07) is 3.75. The number of ether oxygens (including phenoxy) is 1. The van der Waals surface area contributed by atoms with E-state index in [1.807, 2.05) is 0 Å². The van der Waals surface area contributed by atoms with E-state index in [1.165, 1.54) is 25.4 Å². The summed E-state index contributed by atoms with van der Waals surface area (Å²) in [6.07, 6.45) is 1.18. The van der Waals surface area contributed by atoms with Crippen molar-refractivity contribution in [3.63, 3.8) is 0 Å². The van der Waals surface area contributed by atoms with E-state index in [1.54, 1.807) is 0 Å². The average molecular weight is 283 g/mol. The Morgan fingerprint density at radius 2 is 2.21 bits per heavy atom. The third-order valence-electron chi connectivity index (χ3n) is 2.09. The standard InChI is InChI=1S/C11H8ClFN4O2/c1-19-9-5-7(12)15-11(16-9)17-10(18)6-2-3-14-8(13)4-6/h2-5H,1H3,(H,15,16,17,18). The van der Waals surface area contributed by atoms with Gasteiger partial charge in [0.25, 0.3) is 5.91 Å². The molecule has 6 nitrogen and oxygen atoms in total. The first-order valence-electron chi connectivity index (χ1n) is 5.10. The molecule has 0 bridgehead atoms. The molecule has 2 aromatic rings. The second kappa shape index (κ2) is 5.57. The zero-order chi connectivity index (χ0) is 13.8. The van der Waals surface area contributed by atoms with Crippen LogP contribution < -0.4 is 10.1 Å². The lowest BCUT2D eigenvalue weighted by Gasteiger charge is -2.05. The Labute approximate surface area is 112 Å². The molecule has 0 fully saturated rings. The molecule has 8 heteroatoms. The quantitative estimate of drug-likeness (QED) is 0.687. The average Bonchev–Trinajstić information content (AvgIpc) is 2.38. The van der Waals surface area contributed by atoms with Crippen LogP contribution in [0.15, 0.2) is 24.4 Å². The van der Waals surface area contributed by atoms with Crippen molar-refractivity contribution in [1.29, 1.82) is 0 Å². The second-order valence-electron chi connectivity index (χ2n) is 3.38. The van der Waals surface area contributed by atoms with Crippen LogP contribution in [0.2, 0.25) is 5.15 Å². The highest BCUT2D eigenvalue weighted by atomic mass is 35.5. The molecule has 0 aliphatic heterocycles. The Kier molecular flexibility index (Phi) is 3.86. The van der Waals surface area contributed by atoms with E-state index in [0.717, 1.165) is 6.07 Å². The van der Waals surface area contributed by atoms with Crippen molar-refractivity contribution in [1.82, 2.24) is 15.0 Å². The van der Waals surface area contributed by atoms with E-state index in [9.17, 15) is 9.18 Å². The zero-order valence-electron chi connectivity index (χ0n) is 9.72. The summed E-state index contributed by atoms with van der Waals surface area (Å²) < 4.78 is 17.8. The molecule has 0 atom stereocenters. The Morgan fingerprint density at radius 3 is 2.89 bits per heavy atom. The Morgan fingerprint density at radius 1 is 1.42 bits per heavy atom. The highest BCUT2D eigenvalue weighted by Gasteiger charge is 2.11. The highest BCUT2D eigenvalue weighted by molar-refractivity contribution is 6.29. The van der Waals surface area contributed by atoms with Crippen LogP contribution in [0, 0.1) is 5.95 Å². The van der Waals surface area contributed by atoms with Gasteiger partial charge in [0.2, 0.25) is 17.8 Å². The van der Waals surface area contributed by atoms with Crippen LogP contribution in [0.3, 0.4) is 0 Å². The van der Waals surface area contributed by atoms with Gasteiger partial charge in [-0.3, -0.25) is 10.1 Å². The predicted octanol–water partition coefficient (Wildman–Crippen LogP) is 1.92. The fourth-order valence-corrected chi connectivity index (χ4v) is 1.45. The van der Waals surface area contributed by atoms with Crippen LogP contribution in [-0.4, -0.2) is 28.0 Å². The maximum Gasteiger partial charge on any atom is 0.258 e. The molecule has 19 heavy (non-hydrogen) atoms. The molecule has 0 spiro atoms. The molecule has 2 rings (SSSR count). The summed E-state index contributed by atoms with van der Waals surface area (Å²) in [6.45, 7) is 0. The number of halogens is 2. The predicted molar refractivity (Wildman–Crippen MR) is 65.7 cm³/mol. The van der Waals surface area contributed by atoms with E-state index in [0.29, 0.717) is 0 Å². The lowest BCUT2D eigenvalue weighted by atomic mass is 10.2. The molecule has 0 saturated carbocycles. The molecule has 1 amide bonds. The van der Waals surface area contributed by atoms with Gasteiger partial charge in [-0.25, -0.2) is 9.97 Å². The summed E-state index contributed by atoms with van der Waals surface area (Å²) in [5.41, 5.74) is 0.0926. The maximum absolute atomic E-state index is 12.9. The Balaban J connectivity index is 2.21. The molecule has 0 saturated heterocycles. The third kappa shape index (κ3) is 3.35. The van der Waals surface area contributed by atoms with E-state index >= 15 is 0 Å². The summed E-state index contributed by atoms with van der Waals surface area (Å²) in [4.78, 5) is 22.8. The van der Waals surface area contributed by atoms with Gasteiger partial charge in [0, 0.05) is 23.9 Å². The third-order valence-corrected chi connectivity index (χ3v) is 2.29. The number of carbonyl (C=O) groups is 1. The van der Waals surface area contributed by atoms with Gasteiger partial charge in [-0.15, -0.1) is 0 Å². The number of anilines is 1. The topological polar surface area (TPSA) is 77.0 Å². The van der Waals surface area contributed by atoms with Crippen LogP contribution >= 0.6 is 11.6 Å². The van der Waals surface area contributed by atoms with E-state index < -0.39 is 11.9 Å². The van der Waals surface area contributed by atoms with Gasteiger partial charge in [0.15, 0.2) is 0 Å². The minimum absolute atomic E-state index is 0.0356. The van der Waals surface area contributed by atoms with Crippen molar-refractivity contribution >= 4 is 23.5 Å². The van der Waals surface area contributed by atoms with Crippen molar-refractivity contribution in [3.8, 4) is 5.88 Å². The van der Waals surface area contributed by atoms with Gasteiger partial charge in [-0.05, 0) is 6.07 Å². The molecule has 1 N–H and O–H groups in total. The molecule has 2 aromatic heterocycles. The minimum atomic E-state index is -0.753. The number of nitrogens with one attached hydrogen (secondary N) is 1. The van der Waals surface area contributed by atoms with E-state index in [4.69, 9.17) is 16.3 Å².